The standard InChI is InChI=1S/C14H26N2O3/c1-14(2,3)10-7-5-6-8-11(10)15-9-12(17)16-13(18)19-4/h10-11,15H,5-9H2,1-4H3,(H,16,17,18)/t10-,11-/m1/s1. The molecule has 0 heterocycles. The molecule has 0 radical (unpaired) electrons. The molecule has 110 valence electrons. The van der Waals surface area contributed by atoms with E-state index in [9.17, 15) is 9.59 Å². The van der Waals surface area contributed by atoms with E-state index >= 15 is 0 Å². The molecule has 1 rings (SSSR count). The largest absolute Gasteiger partial charge is 0.453 e. The minimum atomic E-state index is -0.706. The molecule has 1 saturated carbocycles. The number of hydrogen-bond donors (Lipinski definition) is 2. The van der Waals surface area contributed by atoms with Crippen molar-refractivity contribution in [3.05, 3.63) is 0 Å². The first-order chi connectivity index (χ1) is 8.84. The van der Waals surface area contributed by atoms with Crippen LogP contribution in [0.5, 0.6) is 0 Å². The van der Waals surface area contributed by atoms with Gasteiger partial charge in [-0.05, 0) is 24.2 Å². The molecule has 0 unspecified atom stereocenters. The van der Waals surface area contributed by atoms with E-state index in [4.69, 9.17) is 0 Å². The van der Waals surface area contributed by atoms with Crippen molar-refractivity contribution >= 4 is 12.0 Å². The highest BCUT2D eigenvalue weighted by Crippen LogP contribution is 2.37. The van der Waals surface area contributed by atoms with Gasteiger partial charge in [0.15, 0.2) is 0 Å². The number of imide groups is 1. The van der Waals surface area contributed by atoms with E-state index in [0.717, 1.165) is 6.42 Å². The summed E-state index contributed by atoms with van der Waals surface area (Å²) in [5, 5.41) is 5.45. The number of rotatable bonds is 3. The molecule has 1 fully saturated rings. The van der Waals surface area contributed by atoms with Crippen molar-refractivity contribution in [3.63, 3.8) is 0 Å². The highest BCUT2D eigenvalue weighted by Gasteiger charge is 2.33. The second kappa shape index (κ2) is 6.89. The molecule has 5 nitrogen and oxygen atoms in total. The summed E-state index contributed by atoms with van der Waals surface area (Å²) in [6, 6.07) is 0.345. The van der Waals surface area contributed by atoms with Crippen molar-refractivity contribution in [3.8, 4) is 0 Å². The lowest BCUT2D eigenvalue weighted by Gasteiger charge is -2.40. The monoisotopic (exact) mass is 270 g/mol. The number of alkyl carbamates (subject to hydrolysis) is 1. The molecular formula is C14H26N2O3. The number of nitrogens with one attached hydrogen (secondary N) is 2. The molecule has 2 atom stereocenters. The Balaban J connectivity index is 2.45. The van der Waals surface area contributed by atoms with Crippen LogP contribution >= 0.6 is 0 Å². The molecule has 2 amide bonds. The molecule has 0 spiro atoms. The fourth-order valence-electron chi connectivity index (χ4n) is 2.84. The van der Waals surface area contributed by atoms with Crippen molar-refractivity contribution < 1.29 is 14.3 Å². The van der Waals surface area contributed by atoms with Crippen molar-refractivity contribution in [1.82, 2.24) is 10.6 Å². The summed E-state index contributed by atoms with van der Waals surface area (Å²) < 4.78 is 4.39. The molecule has 19 heavy (non-hydrogen) atoms. The Bertz CT molecular complexity index is 323. The van der Waals surface area contributed by atoms with Crippen LogP contribution in [0.4, 0.5) is 4.79 Å². The Morgan fingerprint density at radius 3 is 2.42 bits per heavy atom. The van der Waals surface area contributed by atoms with Crippen molar-refractivity contribution in [2.45, 2.75) is 52.5 Å². The first kappa shape index (κ1) is 16.0. The van der Waals surface area contributed by atoms with Crippen LogP contribution in [0.1, 0.15) is 46.5 Å². The molecule has 0 aromatic heterocycles. The zero-order valence-corrected chi connectivity index (χ0v) is 12.4. The minimum absolute atomic E-state index is 0.159. The highest BCUT2D eigenvalue weighted by molar-refractivity contribution is 5.92. The van der Waals surface area contributed by atoms with Crippen molar-refractivity contribution in [2.75, 3.05) is 13.7 Å². The van der Waals surface area contributed by atoms with Crippen LogP contribution in [0.2, 0.25) is 0 Å². The maximum atomic E-state index is 11.5. The lowest BCUT2D eigenvalue weighted by atomic mass is 9.69. The summed E-state index contributed by atoms with van der Waals surface area (Å²) in [7, 11) is 1.24. The number of carbonyl (C=O) groups excluding carboxylic acids is 2. The van der Waals surface area contributed by atoms with E-state index in [1.807, 2.05) is 0 Å². The van der Waals surface area contributed by atoms with E-state index in [1.165, 1.54) is 26.4 Å². The molecule has 1 aliphatic carbocycles. The zero-order valence-electron chi connectivity index (χ0n) is 12.4. The summed E-state index contributed by atoms with van der Waals surface area (Å²) in [5.74, 6) is 0.220. The predicted molar refractivity (Wildman–Crippen MR) is 73.8 cm³/mol. The lowest BCUT2D eigenvalue weighted by molar-refractivity contribution is -0.119. The first-order valence-electron chi connectivity index (χ1n) is 6.95. The van der Waals surface area contributed by atoms with E-state index in [0.29, 0.717) is 12.0 Å². The summed E-state index contributed by atoms with van der Waals surface area (Å²) in [4.78, 5) is 22.5. The average Bonchev–Trinajstić information content (AvgIpc) is 2.35. The van der Waals surface area contributed by atoms with Crippen molar-refractivity contribution in [1.29, 1.82) is 0 Å². The predicted octanol–water partition coefficient (Wildman–Crippen LogP) is 2.06. The van der Waals surface area contributed by atoms with Gasteiger partial charge in [0.2, 0.25) is 5.91 Å². The maximum absolute atomic E-state index is 11.5. The molecule has 0 bridgehead atoms. The van der Waals surface area contributed by atoms with E-state index in [2.05, 4.69) is 36.1 Å². The summed E-state index contributed by atoms with van der Waals surface area (Å²) in [6.45, 7) is 6.89. The molecule has 2 N–H and O–H groups in total. The van der Waals surface area contributed by atoms with Gasteiger partial charge in [0.05, 0.1) is 13.7 Å². The van der Waals surface area contributed by atoms with Gasteiger partial charge in [-0.25, -0.2) is 4.79 Å². The smallest absolute Gasteiger partial charge is 0.413 e. The number of amides is 2. The van der Waals surface area contributed by atoms with Gasteiger partial charge in [0.1, 0.15) is 0 Å². The number of hydrogen-bond acceptors (Lipinski definition) is 4. The molecule has 0 aliphatic heterocycles. The lowest BCUT2D eigenvalue weighted by Crippen LogP contribution is -2.48. The zero-order chi connectivity index (χ0) is 14.5. The van der Waals surface area contributed by atoms with Crippen LogP contribution in [0.3, 0.4) is 0 Å². The second-order valence-electron chi connectivity index (χ2n) is 6.28. The quantitative estimate of drug-likeness (QED) is 0.823. The Kier molecular flexibility index (Phi) is 5.79. The second-order valence-corrected chi connectivity index (χ2v) is 6.28. The number of methoxy groups -OCH3 is 1. The van der Waals surface area contributed by atoms with Gasteiger partial charge >= 0.3 is 6.09 Å². The minimum Gasteiger partial charge on any atom is -0.453 e. The van der Waals surface area contributed by atoms with Crippen LogP contribution in [0.25, 0.3) is 0 Å². The Morgan fingerprint density at radius 1 is 1.21 bits per heavy atom. The van der Waals surface area contributed by atoms with Crippen LogP contribution in [-0.4, -0.2) is 31.7 Å². The number of carbonyl (C=O) groups is 2. The molecule has 1 aliphatic rings. The summed E-state index contributed by atoms with van der Waals surface area (Å²) in [6.07, 6.45) is 4.03. The third-order valence-electron chi connectivity index (χ3n) is 3.83. The average molecular weight is 270 g/mol. The Labute approximate surface area is 115 Å². The van der Waals surface area contributed by atoms with E-state index in [-0.39, 0.29) is 17.9 Å². The normalized spacial score (nSPS) is 23.8. The fourth-order valence-corrected chi connectivity index (χ4v) is 2.84. The van der Waals surface area contributed by atoms with Crippen LogP contribution in [0, 0.1) is 11.3 Å². The number of ether oxygens (including phenoxy) is 1. The van der Waals surface area contributed by atoms with Gasteiger partial charge in [0, 0.05) is 6.04 Å². The van der Waals surface area contributed by atoms with E-state index in [1.54, 1.807) is 0 Å². The SMILES string of the molecule is COC(=O)NC(=O)CN[C@@H]1CCCC[C@H]1C(C)(C)C. The van der Waals surface area contributed by atoms with Crippen LogP contribution < -0.4 is 10.6 Å². The Morgan fingerprint density at radius 2 is 1.84 bits per heavy atom. The van der Waals surface area contributed by atoms with Crippen molar-refractivity contribution in [2.24, 2.45) is 11.3 Å². The molecule has 0 aromatic carbocycles. The third-order valence-corrected chi connectivity index (χ3v) is 3.83. The van der Waals surface area contributed by atoms with Gasteiger partial charge in [-0.2, -0.15) is 0 Å². The first-order valence-corrected chi connectivity index (χ1v) is 6.95. The highest BCUT2D eigenvalue weighted by atomic mass is 16.5. The third kappa shape index (κ3) is 5.19. The maximum Gasteiger partial charge on any atom is 0.413 e. The van der Waals surface area contributed by atoms with Crippen LogP contribution in [-0.2, 0) is 9.53 Å². The van der Waals surface area contributed by atoms with Crippen LogP contribution in [0.15, 0.2) is 0 Å². The van der Waals surface area contributed by atoms with E-state index < -0.39 is 6.09 Å². The molecule has 0 aromatic rings. The Hall–Kier alpha value is -1.10. The van der Waals surface area contributed by atoms with Gasteiger partial charge in [-0.1, -0.05) is 33.6 Å². The fraction of sp³-hybridized carbons (Fsp3) is 0.857. The summed E-state index contributed by atoms with van der Waals surface area (Å²) >= 11 is 0. The van der Waals surface area contributed by atoms with Gasteiger partial charge in [-0.3, -0.25) is 10.1 Å². The topological polar surface area (TPSA) is 67.4 Å². The van der Waals surface area contributed by atoms with Gasteiger partial charge in [-0.15, -0.1) is 0 Å². The molecule has 0 saturated heterocycles. The summed E-state index contributed by atoms with van der Waals surface area (Å²) in [5.41, 5.74) is 0.233. The van der Waals surface area contributed by atoms with Gasteiger partial charge in [0.25, 0.3) is 0 Å². The molecular weight excluding hydrogens is 244 g/mol. The van der Waals surface area contributed by atoms with Gasteiger partial charge < -0.3 is 10.1 Å². The molecule has 5 heteroatoms.